The maximum Gasteiger partial charge on any atom is 0.0186 e. The van der Waals surface area contributed by atoms with E-state index in [9.17, 15) is 0 Å². The first-order valence-corrected chi connectivity index (χ1v) is 17.5. The van der Waals surface area contributed by atoms with Crippen LogP contribution in [0.5, 0.6) is 0 Å². The van der Waals surface area contributed by atoms with Gasteiger partial charge >= 0.3 is 0 Å². The lowest BCUT2D eigenvalue weighted by atomic mass is 9.77. The van der Waals surface area contributed by atoms with Crippen LogP contribution in [-0.2, 0) is 0 Å². The third kappa shape index (κ3) is 14.9. The Morgan fingerprint density at radius 3 is 1.20 bits per heavy atom. The van der Waals surface area contributed by atoms with Crippen molar-refractivity contribution in [3.63, 3.8) is 0 Å². The molecule has 2 aliphatic carbocycles. The van der Waals surface area contributed by atoms with Crippen LogP contribution in [0.4, 0.5) is 0 Å². The lowest BCUT2D eigenvalue weighted by Gasteiger charge is -2.46. The molecule has 0 aromatic carbocycles. The molecule has 0 spiro atoms. The number of fused-ring (bicyclic) bond motifs is 2. The lowest BCUT2D eigenvalue weighted by molar-refractivity contribution is 0.0211. The Morgan fingerprint density at radius 1 is 0.556 bits per heavy atom. The van der Waals surface area contributed by atoms with Gasteiger partial charge in [0, 0.05) is 41.8 Å². The average Bonchev–Trinajstić information content (AvgIpc) is 3.16. The van der Waals surface area contributed by atoms with Crippen molar-refractivity contribution in [2.75, 3.05) is 13.1 Å². The molecule has 2 saturated heterocycles. The highest BCUT2D eigenvalue weighted by Crippen LogP contribution is 2.68. The van der Waals surface area contributed by atoms with E-state index < -0.39 is 0 Å². The van der Waals surface area contributed by atoms with Crippen LogP contribution in [0, 0.1) is 45.3 Å². The number of nitrogens with zero attached hydrogens (tertiary/aromatic N) is 2. The molecule has 6 atom stereocenters. The Kier molecular flexibility index (Phi) is 17.6. The first-order chi connectivity index (χ1) is 18.2. The average molecular weight is 640 g/mol. The van der Waals surface area contributed by atoms with E-state index in [2.05, 4.69) is 134 Å². The lowest BCUT2D eigenvalue weighted by Crippen LogP contribution is -2.53. The van der Waals surface area contributed by atoms with E-state index in [1.54, 1.807) is 0 Å². The molecule has 4 aliphatic rings. The minimum absolute atomic E-state index is 0. The fraction of sp³-hybridized carbons (Fsp3) is 1.00. The highest BCUT2D eigenvalue weighted by atomic mass is 15.3. The monoisotopic (exact) mass is 640 g/mol. The van der Waals surface area contributed by atoms with Crippen molar-refractivity contribution < 1.29 is 0 Å². The fourth-order valence-electron chi connectivity index (χ4n) is 8.08. The first-order valence-electron chi connectivity index (χ1n) is 17.5. The van der Waals surface area contributed by atoms with Gasteiger partial charge in [0.15, 0.2) is 0 Å². The van der Waals surface area contributed by atoms with Gasteiger partial charge in [-0.3, -0.25) is 9.80 Å². The molecule has 4 fully saturated rings. The molecule has 2 saturated carbocycles. The molecule has 0 aromatic heterocycles. The van der Waals surface area contributed by atoms with Gasteiger partial charge < -0.3 is 5.73 Å². The van der Waals surface area contributed by atoms with Gasteiger partial charge in [0.25, 0.3) is 0 Å². The van der Waals surface area contributed by atoms with Crippen LogP contribution in [0.15, 0.2) is 0 Å². The van der Waals surface area contributed by atoms with Gasteiger partial charge in [-0.2, -0.15) is 0 Å². The number of rotatable bonds is 0. The van der Waals surface area contributed by atoms with Crippen molar-refractivity contribution in [1.82, 2.24) is 9.80 Å². The summed E-state index contributed by atoms with van der Waals surface area (Å²) < 4.78 is 0. The largest absolute Gasteiger partial charge is 0.326 e. The Balaban J connectivity index is -0.000000576. The highest BCUT2D eigenvalue weighted by molar-refractivity contribution is 5.19. The number of hydrogen-bond donors (Lipinski definition) is 1. The minimum Gasteiger partial charge on any atom is -0.326 e. The molecule has 2 N–H and O–H groups in total. The summed E-state index contributed by atoms with van der Waals surface area (Å²) in [5.41, 5.74) is 7.94. The second kappa shape index (κ2) is 16.1. The molecule has 2 heterocycles. The van der Waals surface area contributed by atoms with E-state index in [0.29, 0.717) is 32.7 Å². The SMILES string of the molecule is C.C.C.CC(C)(C)C.CC(C)(C)C1C2C(CN1C(C)(C)C)C2(C)C.CC(C)(C)C1C2CCCC2CN1C(C)(C)C.CC(C)(C)N. The third-order valence-corrected chi connectivity index (χ3v) is 9.60. The zero-order valence-corrected chi connectivity index (χ0v) is 33.0. The summed E-state index contributed by atoms with van der Waals surface area (Å²) in [5, 5.41) is 0. The molecule has 0 aromatic rings. The molecule has 6 unspecified atom stereocenters. The fourth-order valence-corrected chi connectivity index (χ4v) is 8.08. The number of nitrogens with two attached hydrogens (primary N) is 1. The van der Waals surface area contributed by atoms with Crippen molar-refractivity contribution in [3.8, 4) is 0 Å². The van der Waals surface area contributed by atoms with Crippen molar-refractivity contribution in [1.29, 1.82) is 0 Å². The Morgan fingerprint density at radius 2 is 0.889 bits per heavy atom. The van der Waals surface area contributed by atoms with Crippen molar-refractivity contribution >= 4 is 0 Å². The van der Waals surface area contributed by atoms with Gasteiger partial charge in [-0.25, -0.2) is 0 Å². The van der Waals surface area contributed by atoms with E-state index >= 15 is 0 Å². The van der Waals surface area contributed by atoms with E-state index in [0.717, 1.165) is 35.8 Å². The van der Waals surface area contributed by atoms with Crippen LogP contribution in [0.2, 0.25) is 0 Å². The molecule has 3 nitrogen and oxygen atoms in total. The Labute approximate surface area is 289 Å². The number of likely N-dealkylation sites (tertiary alicyclic amines) is 2. The van der Waals surface area contributed by atoms with Crippen LogP contribution in [0.3, 0.4) is 0 Å². The standard InChI is InChI=1S/2C15H29N.C5H12.C4H11N.3CH4/c1-13(2,3)12-11-10(15(11,7)8)9-16(12)14(4,5)6;1-14(2,3)13-12-9-7-8-11(12)10-16(13)15(4,5)6;1-5(2,3)4;1-4(2,3)5;;;/h10-12H,9H2,1-8H3;11-13H,7-10H2,1-6H3;1-4H3;5H2,1-3H3;3*1H4. The van der Waals surface area contributed by atoms with E-state index in [-0.39, 0.29) is 27.8 Å². The second-order valence-electron chi connectivity index (χ2n) is 21.9. The predicted octanol–water partition coefficient (Wildman–Crippen LogP) is 12.4. The Bertz CT molecular complexity index is 786. The van der Waals surface area contributed by atoms with E-state index in [4.69, 9.17) is 5.73 Å². The summed E-state index contributed by atoms with van der Waals surface area (Å²) in [6.45, 7) is 51.0. The second-order valence-corrected chi connectivity index (χ2v) is 21.9. The number of hydrogen-bond acceptors (Lipinski definition) is 3. The van der Waals surface area contributed by atoms with Crippen LogP contribution in [0.25, 0.3) is 0 Å². The molecule has 0 radical (unpaired) electrons. The van der Waals surface area contributed by atoms with Crippen LogP contribution in [-0.4, -0.2) is 51.6 Å². The maximum absolute atomic E-state index is 5.35. The molecule has 4 rings (SSSR count). The van der Waals surface area contributed by atoms with Gasteiger partial charge in [0.05, 0.1) is 0 Å². The molecular weight excluding hydrogens is 546 g/mol. The highest BCUT2D eigenvalue weighted by Gasteiger charge is 2.69. The summed E-state index contributed by atoms with van der Waals surface area (Å²) in [5.74, 6) is 3.82. The smallest absolute Gasteiger partial charge is 0.0186 e. The van der Waals surface area contributed by atoms with Gasteiger partial charge in [-0.15, -0.1) is 0 Å². The molecule has 0 bridgehead atoms. The topological polar surface area (TPSA) is 32.5 Å². The molecule has 3 heteroatoms. The zero-order valence-electron chi connectivity index (χ0n) is 33.0. The number of piperidine rings is 1. The normalized spacial score (nSPS) is 29.5. The van der Waals surface area contributed by atoms with Crippen LogP contribution >= 0.6 is 0 Å². The summed E-state index contributed by atoms with van der Waals surface area (Å²) in [7, 11) is 0. The molecule has 2 aliphatic heterocycles. The van der Waals surface area contributed by atoms with Gasteiger partial charge in [0.1, 0.15) is 0 Å². The molecule has 45 heavy (non-hydrogen) atoms. The third-order valence-electron chi connectivity index (χ3n) is 9.60. The predicted molar refractivity (Wildman–Crippen MR) is 210 cm³/mol. The van der Waals surface area contributed by atoms with Crippen molar-refractivity contribution in [3.05, 3.63) is 0 Å². The summed E-state index contributed by atoms with van der Waals surface area (Å²) in [6, 6.07) is 1.55. The Hall–Kier alpha value is -0.120. The quantitative estimate of drug-likeness (QED) is 0.286. The summed E-state index contributed by atoms with van der Waals surface area (Å²) in [6.07, 6.45) is 4.42. The van der Waals surface area contributed by atoms with Gasteiger partial charge in [0.2, 0.25) is 0 Å². The zero-order chi connectivity index (χ0) is 33.7. The van der Waals surface area contributed by atoms with Crippen molar-refractivity contribution in [2.24, 2.45) is 51.1 Å². The molecule has 276 valence electrons. The first kappa shape index (κ1) is 49.3. The van der Waals surface area contributed by atoms with Crippen molar-refractivity contribution in [2.45, 2.75) is 216 Å². The minimum atomic E-state index is 0. The van der Waals surface area contributed by atoms with Gasteiger partial charge in [-0.05, 0) is 120 Å². The maximum atomic E-state index is 5.35. The van der Waals surface area contributed by atoms with Crippen LogP contribution < -0.4 is 5.73 Å². The van der Waals surface area contributed by atoms with E-state index in [1.807, 2.05) is 20.8 Å². The van der Waals surface area contributed by atoms with Crippen LogP contribution in [0.1, 0.15) is 187 Å². The summed E-state index contributed by atoms with van der Waals surface area (Å²) in [4.78, 5) is 5.55. The summed E-state index contributed by atoms with van der Waals surface area (Å²) >= 11 is 0. The van der Waals surface area contributed by atoms with E-state index in [1.165, 1.54) is 32.4 Å². The molecular formula is C42H93N3. The van der Waals surface area contributed by atoms with Gasteiger partial charge in [-0.1, -0.05) is 112 Å². The molecule has 0 amide bonds.